The molecule has 0 radical (unpaired) electrons. The third-order valence-corrected chi connectivity index (χ3v) is 7.19. The number of ketones is 1. The van der Waals surface area contributed by atoms with Crippen molar-refractivity contribution in [3.8, 4) is 11.3 Å². The molecule has 2 amide bonds. The number of nitrogens with one attached hydrogen (secondary N) is 2. The van der Waals surface area contributed by atoms with E-state index in [9.17, 15) is 14.4 Å². The van der Waals surface area contributed by atoms with Crippen molar-refractivity contribution in [3.05, 3.63) is 71.0 Å². The van der Waals surface area contributed by atoms with E-state index in [1.54, 1.807) is 31.3 Å². The van der Waals surface area contributed by atoms with Gasteiger partial charge in [-0.25, -0.2) is 4.98 Å². The average molecular weight is 517 g/mol. The zero-order chi connectivity index (χ0) is 27.7. The normalized spacial score (nSPS) is 17.2. The molecule has 4 rings (SSSR count). The SMILES string of the molecule is COC(C)(C)CN(C)C(=O)C1(C)CC(=O)c2c([nH]c(-c3ccnc(NC(C)=O)c3)c2Cc2ccccc2)C1. The number of nitrogens with zero attached hydrogens (tertiary/aromatic N) is 2. The molecule has 2 aromatic heterocycles. The maximum Gasteiger partial charge on any atom is 0.229 e. The smallest absolute Gasteiger partial charge is 0.229 e. The quantitative estimate of drug-likeness (QED) is 0.454. The number of aromatic amines is 1. The Kier molecular flexibility index (Phi) is 7.56. The number of Topliss-reactive ketones (excluding diaryl/α,β-unsaturated/α-hetero) is 1. The molecular formula is C30H36N4O4. The lowest BCUT2D eigenvalue weighted by atomic mass is 9.72. The summed E-state index contributed by atoms with van der Waals surface area (Å²) < 4.78 is 5.52. The standard InChI is InChI=1S/C30H36N4O4/c1-19(35)32-25-15-21(12-13-31-25)27-22(14-20-10-8-7-9-11-20)26-23(33-27)16-30(4,17-24(26)36)28(37)34(5)18-29(2,3)38-6/h7-13,15,33H,14,16-18H2,1-6H3,(H,31,32,35). The molecule has 0 spiro atoms. The van der Waals surface area contributed by atoms with Gasteiger partial charge in [0.05, 0.1) is 16.7 Å². The van der Waals surface area contributed by atoms with E-state index in [4.69, 9.17) is 4.74 Å². The fourth-order valence-electron chi connectivity index (χ4n) is 5.34. The minimum absolute atomic E-state index is 0.0499. The van der Waals surface area contributed by atoms with Crippen LogP contribution in [0.15, 0.2) is 48.7 Å². The van der Waals surface area contributed by atoms with Gasteiger partial charge in [-0.15, -0.1) is 0 Å². The molecule has 0 fully saturated rings. The number of carbonyl (C=O) groups excluding carboxylic acids is 3. The topological polar surface area (TPSA) is 104 Å². The highest BCUT2D eigenvalue weighted by molar-refractivity contribution is 6.05. The third-order valence-electron chi connectivity index (χ3n) is 7.19. The van der Waals surface area contributed by atoms with E-state index >= 15 is 0 Å². The van der Waals surface area contributed by atoms with Gasteiger partial charge in [0.1, 0.15) is 5.82 Å². The summed E-state index contributed by atoms with van der Waals surface area (Å²) in [5.41, 5.74) is 3.61. The van der Waals surface area contributed by atoms with Crippen molar-refractivity contribution in [3.63, 3.8) is 0 Å². The molecule has 38 heavy (non-hydrogen) atoms. The molecule has 0 aliphatic heterocycles. The first kappa shape index (κ1) is 27.3. The number of pyridine rings is 1. The van der Waals surface area contributed by atoms with Crippen LogP contribution in [0.3, 0.4) is 0 Å². The first-order valence-electron chi connectivity index (χ1n) is 12.8. The molecule has 200 valence electrons. The molecule has 1 aliphatic rings. The van der Waals surface area contributed by atoms with Crippen LogP contribution in [0.2, 0.25) is 0 Å². The van der Waals surface area contributed by atoms with Crippen molar-refractivity contribution in [2.24, 2.45) is 5.41 Å². The van der Waals surface area contributed by atoms with Gasteiger partial charge < -0.3 is 19.9 Å². The molecule has 0 bridgehead atoms. The maximum absolute atomic E-state index is 13.8. The lowest BCUT2D eigenvalue weighted by molar-refractivity contribution is -0.143. The van der Waals surface area contributed by atoms with Gasteiger partial charge in [-0.3, -0.25) is 14.4 Å². The lowest BCUT2D eigenvalue weighted by Crippen LogP contribution is -2.49. The summed E-state index contributed by atoms with van der Waals surface area (Å²) in [5.74, 6) is 0.0856. The predicted octanol–water partition coefficient (Wildman–Crippen LogP) is 4.64. The fourth-order valence-corrected chi connectivity index (χ4v) is 5.34. The number of hydrogen-bond acceptors (Lipinski definition) is 5. The first-order valence-corrected chi connectivity index (χ1v) is 12.8. The molecule has 8 heteroatoms. The first-order chi connectivity index (χ1) is 17.9. The number of rotatable bonds is 8. The van der Waals surface area contributed by atoms with Crippen molar-refractivity contribution in [1.82, 2.24) is 14.9 Å². The summed E-state index contributed by atoms with van der Waals surface area (Å²) in [6.07, 6.45) is 2.73. The van der Waals surface area contributed by atoms with Gasteiger partial charge in [-0.1, -0.05) is 30.3 Å². The van der Waals surface area contributed by atoms with Crippen molar-refractivity contribution in [1.29, 1.82) is 0 Å². The molecule has 1 atom stereocenters. The summed E-state index contributed by atoms with van der Waals surface area (Å²) in [5, 5.41) is 2.73. The van der Waals surface area contributed by atoms with Crippen molar-refractivity contribution in [2.45, 2.75) is 52.6 Å². The van der Waals surface area contributed by atoms with Gasteiger partial charge in [0.15, 0.2) is 5.78 Å². The lowest BCUT2D eigenvalue weighted by Gasteiger charge is -2.37. The minimum atomic E-state index is -0.881. The van der Waals surface area contributed by atoms with Crippen molar-refractivity contribution in [2.75, 3.05) is 26.0 Å². The number of carbonyl (C=O) groups is 3. The monoisotopic (exact) mass is 516 g/mol. The fraction of sp³-hybridized carbons (Fsp3) is 0.400. The maximum atomic E-state index is 13.8. The van der Waals surface area contributed by atoms with Gasteiger partial charge in [-0.2, -0.15) is 0 Å². The molecule has 3 aromatic rings. The molecule has 0 saturated heterocycles. The number of hydrogen-bond donors (Lipinski definition) is 2. The second-order valence-electron chi connectivity index (χ2n) is 11.1. The number of anilines is 1. The van der Waals surface area contributed by atoms with Crippen LogP contribution < -0.4 is 5.32 Å². The van der Waals surface area contributed by atoms with Crippen molar-refractivity contribution < 1.29 is 19.1 Å². The molecule has 1 aliphatic carbocycles. The Balaban J connectivity index is 1.76. The summed E-state index contributed by atoms with van der Waals surface area (Å²) >= 11 is 0. The average Bonchev–Trinajstić information content (AvgIpc) is 3.21. The van der Waals surface area contributed by atoms with E-state index in [1.807, 2.05) is 57.2 Å². The van der Waals surface area contributed by atoms with Crippen LogP contribution >= 0.6 is 0 Å². The van der Waals surface area contributed by atoms with Crippen LogP contribution in [0, 0.1) is 5.41 Å². The summed E-state index contributed by atoms with van der Waals surface area (Å²) in [4.78, 5) is 48.4. The van der Waals surface area contributed by atoms with E-state index in [0.29, 0.717) is 30.8 Å². The van der Waals surface area contributed by atoms with Gasteiger partial charge in [-0.05, 0) is 44.0 Å². The zero-order valence-electron chi connectivity index (χ0n) is 23.0. The number of H-pyrrole nitrogens is 1. The number of likely N-dealkylation sites (N-methyl/N-ethyl adjacent to an activating group) is 1. The molecule has 8 nitrogen and oxygen atoms in total. The molecule has 0 saturated carbocycles. The number of amides is 2. The Bertz CT molecular complexity index is 1360. The van der Waals surface area contributed by atoms with Crippen molar-refractivity contribution >= 4 is 23.4 Å². The number of aromatic nitrogens is 2. The zero-order valence-corrected chi connectivity index (χ0v) is 23.0. The van der Waals surface area contributed by atoms with Crippen LogP contribution in [-0.4, -0.2) is 58.8 Å². The molecule has 2 heterocycles. The Morgan fingerprint density at radius 2 is 1.89 bits per heavy atom. The van der Waals surface area contributed by atoms with Crippen LogP contribution in [-0.2, 0) is 27.2 Å². The minimum Gasteiger partial charge on any atom is -0.377 e. The number of methoxy groups -OCH3 is 1. The highest BCUT2D eigenvalue weighted by Crippen LogP contribution is 2.42. The van der Waals surface area contributed by atoms with E-state index < -0.39 is 11.0 Å². The number of fused-ring (bicyclic) bond motifs is 1. The van der Waals surface area contributed by atoms with Gasteiger partial charge in [0.2, 0.25) is 11.8 Å². The highest BCUT2D eigenvalue weighted by Gasteiger charge is 2.45. The van der Waals surface area contributed by atoms with E-state index in [0.717, 1.165) is 28.1 Å². The number of ether oxygens (including phenoxy) is 1. The van der Waals surface area contributed by atoms with Crippen LogP contribution in [0.1, 0.15) is 61.3 Å². The van der Waals surface area contributed by atoms with E-state index in [-0.39, 0.29) is 24.0 Å². The van der Waals surface area contributed by atoms with Gasteiger partial charge >= 0.3 is 0 Å². The predicted molar refractivity (Wildman–Crippen MR) is 147 cm³/mol. The Hall–Kier alpha value is -3.78. The molecular weight excluding hydrogens is 480 g/mol. The second-order valence-corrected chi connectivity index (χ2v) is 11.1. The van der Waals surface area contributed by atoms with E-state index in [1.165, 1.54) is 6.92 Å². The highest BCUT2D eigenvalue weighted by atomic mass is 16.5. The molecule has 1 unspecified atom stereocenters. The molecule has 1 aromatic carbocycles. The Morgan fingerprint density at radius 1 is 1.18 bits per heavy atom. The second kappa shape index (κ2) is 10.5. The largest absolute Gasteiger partial charge is 0.377 e. The van der Waals surface area contributed by atoms with Crippen LogP contribution in [0.4, 0.5) is 5.82 Å². The summed E-state index contributed by atoms with van der Waals surface area (Å²) in [6.45, 7) is 7.58. The molecule has 2 N–H and O–H groups in total. The Morgan fingerprint density at radius 3 is 2.55 bits per heavy atom. The van der Waals surface area contributed by atoms with E-state index in [2.05, 4.69) is 15.3 Å². The summed E-state index contributed by atoms with van der Waals surface area (Å²) in [6, 6.07) is 13.6. The van der Waals surface area contributed by atoms with Crippen LogP contribution in [0.5, 0.6) is 0 Å². The van der Waals surface area contributed by atoms with Gasteiger partial charge in [0.25, 0.3) is 0 Å². The third kappa shape index (κ3) is 5.70. The Labute approximate surface area is 223 Å². The van der Waals surface area contributed by atoms with Crippen LogP contribution in [0.25, 0.3) is 11.3 Å². The summed E-state index contributed by atoms with van der Waals surface area (Å²) in [7, 11) is 3.39. The number of benzene rings is 1. The van der Waals surface area contributed by atoms with Gasteiger partial charge in [0, 0.05) is 69.9 Å².